The first-order valence-electron chi connectivity index (χ1n) is 6.58. The highest BCUT2D eigenvalue weighted by Gasteiger charge is 2.41. The van der Waals surface area contributed by atoms with Crippen molar-refractivity contribution in [2.45, 2.75) is 13.1 Å². The molecule has 3 rings (SSSR count). The van der Waals surface area contributed by atoms with Crippen molar-refractivity contribution < 1.29 is 27.1 Å². The van der Waals surface area contributed by atoms with E-state index in [0.29, 0.717) is 10.1 Å². The van der Waals surface area contributed by atoms with Crippen LogP contribution in [-0.2, 0) is 10.9 Å². The van der Waals surface area contributed by atoms with Crippen molar-refractivity contribution in [3.8, 4) is 5.82 Å². The molecule has 6 nitrogen and oxygen atoms in total. The topological polar surface area (TPSA) is 70.2 Å². The van der Waals surface area contributed by atoms with E-state index in [1.165, 1.54) is 19.4 Å². The van der Waals surface area contributed by atoms with Gasteiger partial charge in [0.15, 0.2) is 17.1 Å². The second kappa shape index (κ2) is 5.41. The van der Waals surface area contributed by atoms with Gasteiger partial charge in [-0.1, -0.05) is 0 Å². The van der Waals surface area contributed by atoms with Crippen LogP contribution < -0.4 is 0 Å². The van der Waals surface area contributed by atoms with Gasteiger partial charge in [0.2, 0.25) is 0 Å². The highest BCUT2D eigenvalue weighted by molar-refractivity contribution is 5.91. The molecule has 0 N–H and O–H groups in total. The van der Waals surface area contributed by atoms with Crippen LogP contribution in [0.2, 0.25) is 0 Å². The monoisotopic (exact) mass is 325 g/mol. The molecule has 0 aliphatic heterocycles. The zero-order valence-electron chi connectivity index (χ0n) is 11.8. The Labute approximate surface area is 127 Å². The number of carbonyl (C=O) groups excluding carboxylic acids is 1. The van der Waals surface area contributed by atoms with Crippen LogP contribution in [0.4, 0.5) is 13.2 Å². The van der Waals surface area contributed by atoms with Gasteiger partial charge in [-0.25, -0.2) is 14.5 Å². The lowest BCUT2D eigenvalue weighted by molar-refractivity contribution is -0.143. The number of rotatable bonds is 3. The maximum Gasteiger partial charge on any atom is 0.434 e. The first-order valence-corrected chi connectivity index (χ1v) is 6.58. The van der Waals surface area contributed by atoms with Crippen LogP contribution in [0.15, 0.2) is 35.2 Å². The van der Waals surface area contributed by atoms with Crippen molar-refractivity contribution in [3.05, 3.63) is 42.0 Å². The van der Waals surface area contributed by atoms with E-state index in [2.05, 4.69) is 14.8 Å². The van der Waals surface area contributed by atoms with Gasteiger partial charge in [0.1, 0.15) is 5.56 Å². The summed E-state index contributed by atoms with van der Waals surface area (Å²) in [6.07, 6.45) is -1.35. The summed E-state index contributed by atoms with van der Waals surface area (Å²) < 4.78 is 50.7. The highest BCUT2D eigenvalue weighted by atomic mass is 19.4. The van der Waals surface area contributed by atoms with Crippen molar-refractivity contribution in [3.63, 3.8) is 0 Å². The molecule has 0 aliphatic rings. The summed E-state index contributed by atoms with van der Waals surface area (Å²) in [4.78, 5) is 15.6. The Kier molecular flexibility index (Phi) is 3.55. The van der Waals surface area contributed by atoms with E-state index in [9.17, 15) is 18.0 Å². The number of hydrogen-bond donors (Lipinski definition) is 0. The Morgan fingerprint density at radius 2 is 2.17 bits per heavy atom. The molecule has 0 fully saturated rings. The van der Waals surface area contributed by atoms with E-state index in [0.717, 1.165) is 6.20 Å². The third-order valence-corrected chi connectivity index (χ3v) is 3.08. The van der Waals surface area contributed by atoms with Crippen LogP contribution >= 0.6 is 0 Å². The second-order valence-electron chi connectivity index (χ2n) is 4.51. The molecular weight excluding hydrogens is 315 g/mol. The number of ether oxygens (including phenoxy) is 1. The molecular formula is C14H10F3N3O3. The maximum absolute atomic E-state index is 13.4. The molecule has 23 heavy (non-hydrogen) atoms. The molecule has 0 aromatic carbocycles. The fraction of sp³-hybridized carbons (Fsp3) is 0.214. The van der Waals surface area contributed by atoms with E-state index in [-0.39, 0.29) is 18.0 Å². The van der Waals surface area contributed by atoms with Crippen molar-refractivity contribution >= 4 is 16.9 Å². The fourth-order valence-electron chi connectivity index (χ4n) is 2.17. The predicted molar refractivity (Wildman–Crippen MR) is 72.1 cm³/mol. The molecule has 0 aliphatic carbocycles. The van der Waals surface area contributed by atoms with Gasteiger partial charge >= 0.3 is 12.1 Å². The minimum absolute atomic E-state index is 0.0483. The summed E-state index contributed by atoms with van der Waals surface area (Å²) in [5.74, 6) is -1.26. The minimum atomic E-state index is -4.82. The van der Waals surface area contributed by atoms with Crippen molar-refractivity contribution in [2.75, 3.05) is 6.61 Å². The average Bonchev–Trinajstić information content (AvgIpc) is 3.13. The van der Waals surface area contributed by atoms with E-state index in [1.807, 2.05) is 0 Å². The smallest absolute Gasteiger partial charge is 0.434 e. The van der Waals surface area contributed by atoms with E-state index in [4.69, 9.17) is 4.42 Å². The number of pyridine rings is 1. The highest BCUT2D eigenvalue weighted by Crippen LogP contribution is 2.35. The lowest BCUT2D eigenvalue weighted by atomic mass is 10.2. The van der Waals surface area contributed by atoms with Gasteiger partial charge in [0.25, 0.3) is 0 Å². The summed E-state index contributed by atoms with van der Waals surface area (Å²) in [6, 6.07) is 3.18. The molecule has 0 saturated heterocycles. The number of fused-ring (bicyclic) bond motifs is 1. The molecule has 0 spiro atoms. The second-order valence-corrected chi connectivity index (χ2v) is 4.51. The first kappa shape index (κ1) is 15.1. The van der Waals surface area contributed by atoms with Gasteiger partial charge in [-0.2, -0.15) is 18.3 Å². The molecule has 3 heterocycles. The van der Waals surface area contributed by atoms with Gasteiger partial charge in [0.05, 0.1) is 19.1 Å². The maximum atomic E-state index is 13.4. The van der Waals surface area contributed by atoms with Gasteiger partial charge in [-0.15, -0.1) is 0 Å². The Bertz CT molecular complexity index is 867. The third-order valence-electron chi connectivity index (χ3n) is 3.08. The molecule has 0 unspecified atom stereocenters. The summed E-state index contributed by atoms with van der Waals surface area (Å²) in [5, 5.41) is 4.23. The van der Waals surface area contributed by atoms with Gasteiger partial charge in [-0.3, -0.25) is 0 Å². The lowest BCUT2D eigenvalue weighted by Gasteiger charge is -2.11. The quantitative estimate of drug-likeness (QED) is 0.692. The SMILES string of the molecule is CCOC(=O)c1cnn(-c2nccc3ccoc23)c1C(F)(F)F. The Morgan fingerprint density at radius 1 is 1.39 bits per heavy atom. The van der Waals surface area contributed by atoms with Crippen LogP contribution in [0.3, 0.4) is 0 Å². The van der Waals surface area contributed by atoms with E-state index in [1.54, 1.807) is 12.1 Å². The summed E-state index contributed by atoms with van der Waals surface area (Å²) >= 11 is 0. The van der Waals surface area contributed by atoms with E-state index < -0.39 is 23.4 Å². The molecule has 3 aromatic heterocycles. The number of nitrogens with zero attached hydrogens (tertiary/aromatic N) is 3. The predicted octanol–water partition coefficient (Wildman–Crippen LogP) is 3.21. The third kappa shape index (κ3) is 2.54. The molecule has 0 bridgehead atoms. The standard InChI is InChI=1S/C14H10F3N3O3/c1-2-22-13(21)9-7-19-20(11(9)14(15,16)17)12-10-8(3-5-18-12)4-6-23-10/h3-7H,2H2,1H3. The average molecular weight is 325 g/mol. The molecule has 0 amide bonds. The van der Waals surface area contributed by atoms with Crippen molar-refractivity contribution in [1.82, 2.24) is 14.8 Å². The van der Waals surface area contributed by atoms with Crippen LogP contribution in [0.1, 0.15) is 23.0 Å². The molecule has 0 atom stereocenters. The van der Waals surface area contributed by atoms with Gasteiger partial charge in [-0.05, 0) is 19.1 Å². The molecule has 0 radical (unpaired) electrons. The molecule has 9 heteroatoms. The zero-order chi connectivity index (χ0) is 16.6. The Hall–Kier alpha value is -2.84. The number of alkyl halides is 3. The van der Waals surface area contributed by atoms with Crippen molar-refractivity contribution in [1.29, 1.82) is 0 Å². The largest absolute Gasteiger partial charge is 0.462 e. The van der Waals surface area contributed by atoms with Gasteiger partial charge < -0.3 is 9.15 Å². The van der Waals surface area contributed by atoms with Crippen LogP contribution in [0, 0.1) is 0 Å². The van der Waals surface area contributed by atoms with Crippen LogP contribution in [0.5, 0.6) is 0 Å². The fourth-order valence-corrected chi connectivity index (χ4v) is 2.17. The van der Waals surface area contributed by atoms with Crippen molar-refractivity contribution in [2.24, 2.45) is 0 Å². The number of carbonyl (C=O) groups is 1. The molecule has 0 saturated carbocycles. The summed E-state index contributed by atoms with van der Waals surface area (Å²) in [5.41, 5.74) is -1.80. The number of furan rings is 1. The number of halogens is 3. The Morgan fingerprint density at radius 3 is 2.87 bits per heavy atom. The van der Waals surface area contributed by atoms with E-state index >= 15 is 0 Å². The first-order chi connectivity index (χ1) is 10.9. The molecule has 120 valence electrons. The number of hydrogen-bond acceptors (Lipinski definition) is 5. The lowest BCUT2D eigenvalue weighted by Crippen LogP contribution is -2.19. The zero-order valence-corrected chi connectivity index (χ0v) is 11.8. The summed E-state index contributed by atoms with van der Waals surface area (Å²) in [6.45, 7) is 1.45. The Balaban J connectivity index is 2.24. The van der Waals surface area contributed by atoms with Crippen LogP contribution in [-0.4, -0.2) is 27.3 Å². The number of aromatic nitrogens is 3. The minimum Gasteiger partial charge on any atom is -0.462 e. The van der Waals surface area contributed by atoms with Crippen LogP contribution in [0.25, 0.3) is 16.8 Å². The normalized spacial score (nSPS) is 11.8. The molecule has 3 aromatic rings. The van der Waals surface area contributed by atoms with Gasteiger partial charge in [0, 0.05) is 11.6 Å². The number of esters is 1. The summed E-state index contributed by atoms with van der Waals surface area (Å²) in [7, 11) is 0.